The molecule has 0 spiro atoms. The summed E-state index contributed by atoms with van der Waals surface area (Å²) in [6, 6.07) is 10.5. The minimum atomic E-state index is -0.388. The fraction of sp³-hybridized carbons (Fsp3) is 0.267. The number of nitro groups is 1. The van der Waals surface area contributed by atoms with E-state index < -0.39 is 0 Å². The Balaban J connectivity index is 2.37. The van der Waals surface area contributed by atoms with Gasteiger partial charge in [0.25, 0.3) is 5.69 Å². The van der Waals surface area contributed by atoms with Crippen LogP contribution in [0, 0.1) is 10.1 Å². The van der Waals surface area contributed by atoms with Crippen LogP contribution in [0.3, 0.4) is 0 Å². The predicted octanol–water partition coefficient (Wildman–Crippen LogP) is 3.95. The molecule has 0 bridgehead atoms. The molecule has 19 heavy (non-hydrogen) atoms. The highest BCUT2D eigenvalue weighted by molar-refractivity contribution is 5.65. The summed E-state index contributed by atoms with van der Waals surface area (Å²) in [7, 11) is 0. The van der Waals surface area contributed by atoms with Crippen LogP contribution in [-0.4, -0.2) is 9.91 Å². The summed E-state index contributed by atoms with van der Waals surface area (Å²) in [5.41, 5.74) is 2.79. The van der Waals surface area contributed by atoms with E-state index in [1.165, 1.54) is 6.07 Å². The molecule has 2 rings (SSSR count). The topological polar surface area (TPSA) is 56.0 Å². The first kappa shape index (κ1) is 13.2. The summed E-state index contributed by atoms with van der Waals surface area (Å²) >= 11 is 0. The van der Waals surface area contributed by atoms with E-state index in [1.807, 2.05) is 18.2 Å². The van der Waals surface area contributed by atoms with Gasteiger partial charge in [-0.25, -0.2) is 0 Å². The molecule has 1 aromatic heterocycles. The molecule has 1 aromatic carbocycles. The van der Waals surface area contributed by atoms with Gasteiger partial charge in [-0.2, -0.15) is 0 Å². The van der Waals surface area contributed by atoms with Crippen molar-refractivity contribution >= 4 is 5.69 Å². The molecule has 0 N–H and O–H groups in total. The number of rotatable bonds is 2. The molecule has 0 aliphatic rings. The summed E-state index contributed by atoms with van der Waals surface area (Å²) in [6.07, 6.45) is 1.76. The Morgan fingerprint density at radius 3 is 2.37 bits per heavy atom. The fourth-order valence-corrected chi connectivity index (χ4v) is 1.81. The van der Waals surface area contributed by atoms with Gasteiger partial charge in [0.05, 0.1) is 4.92 Å². The van der Waals surface area contributed by atoms with Crippen molar-refractivity contribution in [2.24, 2.45) is 0 Å². The third kappa shape index (κ3) is 2.96. The van der Waals surface area contributed by atoms with Crippen molar-refractivity contribution in [3.8, 4) is 11.1 Å². The van der Waals surface area contributed by atoms with Crippen LogP contribution in [0.15, 0.2) is 42.6 Å². The minimum absolute atomic E-state index is 0.00120. The van der Waals surface area contributed by atoms with Crippen LogP contribution in [0.25, 0.3) is 11.1 Å². The van der Waals surface area contributed by atoms with Crippen LogP contribution in [0.1, 0.15) is 26.5 Å². The smallest absolute Gasteiger partial charge is 0.260 e. The molecule has 0 unspecified atom stereocenters. The molecule has 0 saturated heterocycles. The zero-order valence-corrected chi connectivity index (χ0v) is 11.3. The normalized spacial score (nSPS) is 11.3. The molecule has 0 aliphatic carbocycles. The van der Waals surface area contributed by atoms with Crippen LogP contribution >= 0.6 is 0 Å². The van der Waals surface area contributed by atoms with Gasteiger partial charge in [0.1, 0.15) is 0 Å². The molecule has 0 aliphatic heterocycles. The summed E-state index contributed by atoms with van der Waals surface area (Å²) < 4.78 is 0. The average Bonchev–Trinajstić information content (AvgIpc) is 2.38. The van der Waals surface area contributed by atoms with Crippen LogP contribution in [0.5, 0.6) is 0 Å². The Hall–Kier alpha value is -2.23. The third-order valence-electron chi connectivity index (χ3n) is 2.92. The molecule has 0 saturated carbocycles. The minimum Gasteiger partial charge on any atom is -0.260 e. The molecular formula is C15H16N2O2. The van der Waals surface area contributed by atoms with Gasteiger partial charge in [-0.15, -0.1) is 0 Å². The monoisotopic (exact) mass is 256 g/mol. The first-order chi connectivity index (χ1) is 8.88. The highest BCUT2D eigenvalue weighted by atomic mass is 16.6. The number of hydrogen-bond acceptors (Lipinski definition) is 3. The molecule has 4 heteroatoms. The highest BCUT2D eigenvalue weighted by Gasteiger charge is 2.15. The average molecular weight is 256 g/mol. The van der Waals surface area contributed by atoms with Crippen molar-refractivity contribution < 1.29 is 4.92 Å². The maximum absolute atomic E-state index is 10.8. The second-order valence-corrected chi connectivity index (χ2v) is 5.49. The van der Waals surface area contributed by atoms with Crippen molar-refractivity contribution in [2.45, 2.75) is 26.2 Å². The van der Waals surface area contributed by atoms with Crippen molar-refractivity contribution in [2.75, 3.05) is 0 Å². The Morgan fingerprint density at radius 1 is 1.11 bits per heavy atom. The molecule has 0 radical (unpaired) electrons. The molecule has 0 fully saturated rings. The molecule has 2 aromatic rings. The summed E-state index contributed by atoms with van der Waals surface area (Å²) in [5, 5.41) is 10.8. The van der Waals surface area contributed by atoms with E-state index in [9.17, 15) is 10.1 Å². The Labute approximate surface area is 112 Å². The van der Waals surface area contributed by atoms with E-state index in [1.54, 1.807) is 18.3 Å². The largest absolute Gasteiger partial charge is 0.270 e. The van der Waals surface area contributed by atoms with Crippen molar-refractivity contribution in [1.82, 2.24) is 4.98 Å². The molecule has 98 valence electrons. The lowest BCUT2D eigenvalue weighted by atomic mass is 9.91. The zero-order chi connectivity index (χ0) is 14.0. The Bertz CT molecular complexity index is 598. The summed E-state index contributed by atoms with van der Waals surface area (Å²) in [6.45, 7) is 6.30. The van der Waals surface area contributed by atoms with Gasteiger partial charge in [-0.05, 0) is 11.6 Å². The van der Waals surface area contributed by atoms with Crippen LogP contribution in [0.2, 0.25) is 0 Å². The van der Waals surface area contributed by atoms with Crippen molar-refractivity contribution in [3.63, 3.8) is 0 Å². The zero-order valence-electron chi connectivity index (χ0n) is 11.3. The number of aromatic nitrogens is 1. The molecule has 4 nitrogen and oxygen atoms in total. The van der Waals surface area contributed by atoms with E-state index in [2.05, 4.69) is 25.8 Å². The van der Waals surface area contributed by atoms with E-state index in [0.29, 0.717) is 0 Å². The molecular weight excluding hydrogens is 240 g/mol. The SMILES string of the molecule is CC(C)(C)c1ccc(-c2cccc([N+](=O)[O-])c2)cn1. The van der Waals surface area contributed by atoms with E-state index in [0.717, 1.165) is 16.8 Å². The van der Waals surface area contributed by atoms with Crippen LogP contribution in [0.4, 0.5) is 5.69 Å². The fourth-order valence-electron chi connectivity index (χ4n) is 1.81. The van der Waals surface area contributed by atoms with Gasteiger partial charge in [0, 0.05) is 35.0 Å². The molecule has 0 amide bonds. The quantitative estimate of drug-likeness (QED) is 0.603. The molecule has 1 heterocycles. The Kier molecular flexibility index (Phi) is 3.34. The number of benzene rings is 1. The highest BCUT2D eigenvalue weighted by Crippen LogP contribution is 2.26. The van der Waals surface area contributed by atoms with Crippen LogP contribution < -0.4 is 0 Å². The first-order valence-corrected chi connectivity index (χ1v) is 6.09. The lowest BCUT2D eigenvalue weighted by Crippen LogP contribution is -2.12. The lowest BCUT2D eigenvalue weighted by molar-refractivity contribution is -0.384. The second kappa shape index (κ2) is 4.80. The van der Waals surface area contributed by atoms with Gasteiger partial charge in [0.2, 0.25) is 0 Å². The van der Waals surface area contributed by atoms with E-state index in [4.69, 9.17) is 0 Å². The number of nitrogens with zero attached hydrogens (tertiary/aromatic N) is 2. The van der Waals surface area contributed by atoms with E-state index in [-0.39, 0.29) is 16.0 Å². The van der Waals surface area contributed by atoms with Crippen molar-refractivity contribution in [1.29, 1.82) is 0 Å². The van der Waals surface area contributed by atoms with Gasteiger partial charge >= 0.3 is 0 Å². The van der Waals surface area contributed by atoms with E-state index >= 15 is 0 Å². The maximum Gasteiger partial charge on any atom is 0.270 e. The number of nitro benzene ring substituents is 1. The van der Waals surface area contributed by atoms with Gasteiger partial charge in [-0.3, -0.25) is 15.1 Å². The maximum atomic E-state index is 10.8. The molecule has 0 atom stereocenters. The standard InChI is InChI=1S/C15H16N2O2/c1-15(2,3)14-8-7-12(10-16-14)11-5-4-6-13(9-11)17(18)19/h4-10H,1-3H3. The van der Waals surface area contributed by atoms with Crippen molar-refractivity contribution in [3.05, 3.63) is 58.4 Å². The van der Waals surface area contributed by atoms with Gasteiger partial charge < -0.3 is 0 Å². The Morgan fingerprint density at radius 2 is 1.84 bits per heavy atom. The third-order valence-corrected chi connectivity index (χ3v) is 2.92. The van der Waals surface area contributed by atoms with Gasteiger partial charge in [0.15, 0.2) is 0 Å². The number of non-ortho nitro benzene ring substituents is 1. The van der Waals surface area contributed by atoms with Gasteiger partial charge in [-0.1, -0.05) is 39.0 Å². The first-order valence-electron chi connectivity index (χ1n) is 6.09. The predicted molar refractivity (Wildman–Crippen MR) is 75.0 cm³/mol. The lowest BCUT2D eigenvalue weighted by Gasteiger charge is -2.17. The number of pyridine rings is 1. The number of hydrogen-bond donors (Lipinski definition) is 0. The second-order valence-electron chi connectivity index (χ2n) is 5.49. The van der Waals surface area contributed by atoms with Crippen LogP contribution in [-0.2, 0) is 5.41 Å². The summed E-state index contributed by atoms with van der Waals surface area (Å²) in [4.78, 5) is 14.8. The summed E-state index contributed by atoms with van der Waals surface area (Å²) in [5.74, 6) is 0.